The average molecular weight is 362 g/mol. The van der Waals surface area contributed by atoms with Crippen molar-refractivity contribution in [1.29, 1.82) is 0 Å². The molecule has 1 fully saturated rings. The second-order valence-electron chi connectivity index (χ2n) is 5.66. The highest BCUT2D eigenvalue weighted by atomic mass is 35.5. The Bertz CT molecular complexity index is 866. The fourth-order valence-electron chi connectivity index (χ4n) is 2.62. The predicted molar refractivity (Wildman–Crippen MR) is 89.9 cm³/mol. The summed E-state index contributed by atoms with van der Waals surface area (Å²) < 4.78 is 12.8. The molecule has 0 amide bonds. The molecule has 0 radical (unpaired) electrons. The summed E-state index contributed by atoms with van der Waals surface area (Å²) in [5.41, 5.74) is 2.89. The summed E-state index contributed by atoms with van der Waals surface area (Å²) in [7, 11) is 0. The first-order valence-electron chi connectivity index (χ1n) is 7.89. The zero-order valence-corrected chi connectivity index (χ0v) is 14.1. The van der Waals surface area contributed by atoms with Crippen molar-refractivity contribution in [3.05, 3.63) is 35.8 Å². The number of hydrogen-bond acceptors (Lipinski definition) is 8. The molecular formula is C15H16ClN7O2. The SMILES string of the molecule is ClNc1ncc2nnn(Cc3cccc(CO[C@H]4CCOC4)n3)c2n1. The minimum Gasteiger partial charge on any atom is -0.379 e. The molecule has 25 heavy (non-hydrogen) atoms. The number of hydrogen-bond donors (Lipinski definition) is 1. The van der Waals surface area contributed by atoms with Crippen LogP contribution in [0.1, 0.15) is 17.8 Å². The van der Waals surface area contributed by atoms with Crippen LogP contribution < -0.4 is 4.84 Å². The lowest BCUT2D eigenvalue weighted by atomic mass is 10.3. The van der Waals surface area contributed by atoms with Crippen LogP contribution in [-0.2, 0) is 22.6 Å². The van der Waals surface area contributed by atoms with E-state index in [0.717, 1.165) is 24.4 Å². The lowest BCUT2D eigenvalue weighted by Gasteiger charge is -2.10. The van der Waals surface area contributed by atoms with E-state index in [1.54, 1.807) is 10.9 Å². The van der Waals surface area contributed by atoms with Crippen LogP contribution in [0.4, 0.5) is 5.95 Å². The summed E-state index contributed by atoms with van der Waals surface area (Å²) >= 11 is 5.56. The highest BCUT2D eigenvalue weighted by Crippen LogP contribution is 2.13. The first kappa shape index (κ1) is 16.1. The van der Waals surface area contributed by atoms with Gasteiger partial charge in [-0.25, -0.2) is 9.67 Å². The molecular weight excluding hydrogens is 346 g/mol. The van der Waals surface area contributed by atoms with Crippen LogP contribution >= 0.6 is 11.8 Å². The van der Waals surface area contributed by atoms with Gasteiger partial charge in [0.1, 0.15) is 0 Å². The third kappa shape index (κ3) is 3.68. The van der Waals surface area contributed by atoms with Gasteiger partial charge in [0.15, 0.2) is 11.2 Å². The van der Waals surface area contributed by atoms with Crippen LogP contribution in [0.3, 0.4) is 0 Å². The van der Waals surface area contributed by atoms with E-state index in [0.29, 0.717) is 36.9 Å². The number of halogens is 1. The number of rotatable bonds is 6. The number of aromatic nitrogens is 6. The fraction of sp³-hybridized carbons (Fsp3) is 0.400. The summed E-state index contributed by atoms with van der Waals surface area (Å²) in [6.07, 6.45) is 2.65. The topological polar surface area (TPSA) is 99.9 Å². The predicted octanol–water partition coefficient (Wildman–Crippen LogP) is 1.54. The van der Waals surface area contributed by atoms with Gasteiger partial charge in [-0.15, -0.1) is 5.10 Å². The molecule has 1 saturated heterocycles. The summed E-state index contributed by atoms with van der Waals surface area (Å²) in [5.74, 6) is 0.298. The largest absolute Gasteiger partial charge is 0.379 e. The van der Waals surface area contributed by atoms with Crippen LogP contribution in [0.2, 0.25) is 0 Å². The molecule has 1 N–H and O–H groups in total. The lowest BCUT2D eigenvalue weighted by molar-refractivity contribution is 0.0301. The molecule has 9 nitrogen and oxygen atoms in total. The number of anilines is 1. The zero-order chi connectivity index (χ0) is 17.1. The smallest absolute Gasteiger partial charge is 0.239 e. The Morgan fingerprint density at radius 2 is 2.24 bits per heavy atom. The Morgan fingerprint density at radius 1 is 1.32 bits per heavy atom. The van der Waals surface area contributed by atoms with Crippen molar-refractivity contribution in [1.82, 2.24) is 29.9 Å². The van der Waals surface area contributed by atoms with Crippen molar-refractivity contribution < 1.29 is 9.47 Å². The van der Waals surface area contributed by atoms with E-state index in [2.05, 4.69) is 30.1 Å². The number of nitrogens with one attached hydrogen (secondary N) is 1. The van der Waals surface area contributed by atoms with E-state index in [4.69, 9.17) is 21.3 Å². The fourth-order valence-corrected chi connectivity index (χ4v) is 2.71. The van der Waals surface area contributed by atoms with Crippen LogP contribution in [-0.4, -0.2) is 49.3 Å². The molecule has 4 rings (SSSR count). The molecule has 3 aromatic rings. The molecule has 1 aliphatic heterocycles. The molecule has 1 aliphatic rings. The van der Waals surface area contributed by atoms with Crippen LogP contribution in [0.5, 0.6) is 0 Å². The summed E-state index contributed by atoms with van der Waals surface area (Å²) in [5, 5.41) is 8.16. The second-order valence-corrected chi connectivity index (χ2v) is 5.85. The van der Waals surface area contributed by atoms with Gasteiger partial charge in [-0.1, -0.05) is 11.3 Å². The molecule has 4 heterocycles. The molecule has 130 valence electrons. The van der Waals surface area contributed by atoms with Crippen molar-refractivity contribution in [2.45, 2.75) is 25.7 Å². The van der Waals surface area contributed by atoms with E-state index < -0.39 is 0 Å². The summed E-state index contributed by atoms with van der Waals surface area (Å²) in [6, 6.07) is 5.82. The summed E-state index contributed by atoms with van der Waals surface area (Å²) in [6.45, 7) is 2.32. The van der Waals surface area contributed by atoms with E-state index >= 15 is 0 Å². The first-order chi connectivity index (χ1) is 12.3. The lowest BCUT2D eigenvalue weighted by Crippen LogP contribution is -2.13. The minimum atomic E-state index is 0.155. The van der Waals surface area contributed by atoms with Gasteiger partial charge in [-0.3, -0.25) is 9.82 Å². The van der Waals surface area contributed by atoms with Gasteiger partial charge < -0.3 is 9.47 Å². The van der Waals surface area contributed by atoms with E-state index in [9.17, 15) is 0 Å². The van der Waals surface area contributed by atoms with Gasteiger partial charge in [0.05, 0.1) is 43.4 Å². The normalized spacial score (nSPS) is 17.2. The van der Waals surface area contributed by atoms with Crippen LogP contribution in [0.25, 0.3) is 11.2 Å². The van der Waals surface area contributed by atoms with Gasteiger partial charge in [0.25, 0.3) is 0 Å². The van der Waals surface area contributed by atoms with Crippen molar-refractivity contribution >= 4 is 28.9 Å². The van der Waals surface area contributed by atoms with Crippen molar-refractivity contribution in [3.8, 4) is 0 Å². The Morgan fingerprint density at radius 3 is 3.08 bits per heavy atom. The Kier molecular flexibility index (Phi) is 4.68. The number of pyridine rings is 1. The molecule has 0 spiro atoms. The van der Waals surface area contributed by atoms with Gasteiger partial charge in [-0.2, -0.15) is 4.98 Å². The number of fused-ring (bicyclic) bond motifs is 1. The van der Waals surface area contributed by atoms with Crippen LogP contribution in [0, 0.1) is 0 Å². The molecule has 1 atom stereocenters. The Hall–Kier alpha value is -2.36. The molecule has 0 bridgehead atoms. The molecule has 0 aromatic carbocycles. The third-order valence-electron chi connectivity index (χ3n) is 3.87. The van der Waals surface area contributed by atoms with E-state index in [1.165, 1.54) is 0 Å². The monoisotopic (exact) mass is 361 g/mol. The first-order valence-corrected chi connectivity index (χ1v) is 8.26. The van der Waals surface area contributed by atoms with E-state index in [-0.39, 0.29) is 6.10 Å². The molecule has 0 aliphatic carbocycles. The van der Waals surface area contributed by atoms with Gasteiger partial charge >= 0.3 is 0 Å². The molecule has 0 saturated carbocycles. The highest BCUT2D eigenvalue weighted by Gasteiger charge is 2.16. The third-order valence-corrected chi connectivity index (χ3v) is 4.04. The number of ether oxygens (including phenoxy) is 2. The van der Waals surface area contributed by atoms with Gasteiger partial charge in [-0.05, 0) is 18.6 Å². The van der Waals surface area contributed by atoms with Crippen LogP contribution in [0.15, 0.2) is 24.4 Å². The van der Waals surface area contributed by atoms with Crippen molar-refractivity contribution in [2.75, 3.05) is 18.0 Å². The van der Waals surface area contributed by atoms with Gasteiger partial charge in [0, 0.05) is 18.4 Å². The minimum absolute atomic E-state index is 0.155. The number of nitrogens with zero attached hydrogens (tertiary/aromatic N) is 6. The highest BCUT2D eigenvalue weighted by molar-refractivity contribution is 6.23. The standard InChI is InChI=1S/C15H16ClN7O2/c16-20-15-17-6-13-14(19-15)23(22-21-13)7-10-2-1-3-11(18-10)8-25-12-4-5-24-9-12/h1-3,6,12H,4-5,7-9H2,(H,17,19,20)/t12-/m0/s1. The molecule has 10 heteroatoms. The maximum absolute atomic E-state index is 5.81. The molecule has 3 aromatic heterocycles. The molecule has 0 unspecified atom stereocenters. The maximum atomic E-state index is 5.81. The quantitative estimate of drug-likeness (QED) is 0.660. The van der Waals surface area contributed by atoms with E-state index in [1.807, 2.05) is 18.2 Å². The van der Waals surface area contributed by atoms with Crippen molar-refractivity contribution in [2.24, 2.45) is 0 Å². The average Bonchev–Trinajstić information content (AvgIpc) is 3.30. The summed E-state index contributed by atoms with van der Waals surface area (Å²) in [4.78, 5) is 15.3. The zero-order valence-electron chi connectivity index (χ0n) is 13.3. The Balaban J connectivity index is 1.49. The van der Waals surface area contributed by atoms with Gasteiger partial charge in [0.2, 0.25) is 5.95 Å². The Labute approximate surface area is 148 Å². The van der Waals surface area contributed by atoms with Crippen molar-refractivity contribution in [3.63, 3.8) is 0 Å². The maximum Gasteiger partial charge on any atom is 0.239 e. The second kappa shape index (κ2) is 7.26.